The summed E-state index contributed by atoms with van der Waals surface area (Å²) in [5, 5.41) is 2.80. The normalized spacial score (nSPS) is 11.0. The van der Waals surface area contributed by atoms with E-state index in [4.69, 9.17) is 4.74 Å². The van der Waals surface area contributed by atoms with E-state index in [1.54, 1.807) is 45.3 Å². The Hall–Kier alpha value is -2.30. The van der Waals surface area contributed by atoms with E-state index in [0.29, 0.717) is 17.0 Å². The average molecular weight is 290 g/mol. The quantitative estimate of drug-likeness (QED) is 0.819. The molecule has 0 saturated heterocycles. The fraction of sp³-hybridized carbons (Fsp3) is 0.375. The van der Waals surface area contributed by atoms with Crippen LogP contribution in [0.5, 0.6) is 5.75 Å². The van der Waals surface area contributed by atoms with Gasteiger partial charge in [0, 0.05) is 25.4 Å². The summed E-state index contributed by atoms with van der Waals surface area (Å²) >= 11 is 0. The average Bonchev–Trinajstić information content (AvgIpc) is 2.46. The van der Waals surface area contributed by atoms with Crippen molar-refractivity contribution in [3.63, 3.8) is 0 Å². The largest absolute Gasteiger partial charge is 0.484 e. The van der Waals surface area contributed by atoms with Gasteiger partial charge < -0.3 is 15.0 Å². The van der Waals surface area contributed by atoms with Gasteiger partial charge in [0.2, 0.25) is 0 Å². The molecule has 1 aromatic carbocycles. The maximum Gasteiger partial charge on any atom is 0.259 e. The molecule has 0 unspecified atom stereocenters. The maximum atomic E-state index is 11.8. The number of hydrogen-bond acceptors (Lipinski definition) is 3. The molecule has 0 aliphatic heterocycles. The second-order valence-corrected chi connectivity index (χ2v) is 4.85. The smallest absolute Gasteiger partial charge is 0.259 e. The predicted molar refractivity (Wildman–Crippen MR) is 83.3 cm³/mol. The van der Waals surface area contributed by atoms with Crippen LogP contribution in [0.25, 0.3) is 0 Å². The number of hydrogen-bond donors (Lipinski definition) is 1. The molecule has 0 spiro atoms. The van der Waals surface area contributed by atoms with E-state index in [2.05, 4.69) is 5.32 Å². The number of benzene rings is 1. The number of anilines is 1. The maximum absolute atomic E-state index is 11.8. The van der Waals surface area contributed by atoms with Crippen molar-refractivity contribution in [2.45, 2.75) is 20.3 Å². The van der Waals surface area contributed by atoms with Crippen LogP contribution in [0.2, 0.25) is 0 Å². The van der Waals surface area contributed by atoms with Gasteiger partial charge in [-0.25, -0.2) is 0 Å². The molecule has 0 fully saturated rings. The van der Waals surface area contributed by atoms with E-state index in [0.717, 1.165) is 6.42 Å². The van der Waals surface area contributed by atoms with Crippen molar-refractivity contribution in [1.82, 2.24) is 4.90 Å². The third kappa shape index (κ3) is 5.69. The van der Waals surface area contributed by atoms with Crippen molar-refractivity contribution in [2.24, 2.45) is 0 Å². The molecule has 1 N–H and O–H groups in total. The molecule has 2 amide bonds. The Morgan fingerprint density at radius 2 is 1.86 bits per heavy atom. The Labute approximate surface area is 125 Å². The van der Waals surface area contributed by atoms with Crippen LogP contribution in [0.1, 0.15) is 20.3 Å². The first-order valence-corrected chi connectivity index (χ1v) is 6.85. The van der Waals surface area contributed by atoms with Gasteiger partial charge >= 0.3 is 0 Å². The van der Waals surface area contributed by atoms with Gasteiger partial charge in [0.25, 0.3) is 11.8 Å². The third-order valence-electron chi connectivity index (χ3n) is 2.84. The van der Waals surface area contributed by atoms with E-state index < -0.39 is 0 Å². The van der Waals surface area contributed by atoms with Gasteiger partial charge in [0.15, 0.2) is 6.61 Å². The van der Waals surface area contributed by atoms with Crippen LogP contribution < -0.4 is 10.1 Å². The van der Waals surface area contributed by atoms with Crippen LogP contribution in [0.3, 0.4) is 0 Å². The summed E-state index contributed by atoms with van der Waals surface area (Å²) in [7, 11) is 3.35. The summed E-state index contributed by atoms with van der Waals surface area (Å²) < 4.78 is 5.36. The lowest BCUT2D eigenvalue weighted by atomic mass is 10.2. The van der Waals surface area contributed by atoms with Crippen LogP contribution in [0.15, 0.2) is 35.9 Å². The first-order chi connectivity index (χ1) is 9.93. The summed E-state index contributed by atoms with van der Waals surface area (Å²) in [6.45, 7) is 3.76. The number of rotatable bonds is 6. The Morgan fingerprint density at radius 3 is 2.38 bits per heavy atom. The second-order valence-electron chi connectivity index (χ2n) is 4.85. The molecule has 0 aromatic heterocycles. The van der Waals surface area contributed by atoms with Crippen molar-refractivity contribution in [3.8, 4) is 5.75 Å². The number of carbonyl (C=O) groups is 2. The topological polar surface area (TPSA) is 58.6 Å². The van der Waals surface area contributed by atoms with Crippen LogP contribution in [-0.4, -0.2) is 37.4 Å². The van der Waals surface area contributed by atoms with Gasteiger partial charge in [-0.15, -0.1) is 0 Å². The standard InChI is InChI=1S/C16H22N2O3/c1-5-6-12(2)16(20)17-13-7-9-14(10-8-13)21-11-15(19)18(3)4/h6-10H,5,11H2,1-4H3,(H,17,20). The summed E-state index contributed by atoms with van der Waals surface area (Å²) in [5.74, 6) is 0.366. The van der Waals surface area contributed by atoms with Crippen LogP contribution >= 0.6 is 0 Å². The highest BCUT2D eigenvalue weighted by atomic mass is 16.5. The molecule has 114 valence electrons. The monoisotopic (exact) mass is 290 g/mol. The number of amides is 2. The fourth-order valence-corrected chi connectivity index (χ4v) is 1.54. The molecule has 5 heteroatoms. The highest BCUT2D eigenvalue weighted by Crippen LogP contribution is 2.16. The molecule has 0 heterocycles. The molecular weight excluding hydrogens is 268 g/mol. The minimum Gasteiger partial charge on any atom is -0.484 e. The van der Waals surface area contributed by atoms with E-state index in [1.807, 2.05) is 13.0 Å². The van der Waals surface area contributed by atoms with Gasteiger partial charge in [0.1, 0.15) is 5.75 Å². The molecule has 1 aromatic rings. The first kappa shape index (κ1) is 16.8. The zero-order valence-corrected chi connectivity index (χ0v) is 13.0. The lowest BCUT2D eigenvalue weighted by molar-refractivity contribution is -0.130. The zero-order valence-electron chi connectivity index (χ0n) is 13.0. The third-order valence-corrected chi connectivity index (χ3v) is 2.84. The summed E-state index contributed by atoms with van der Waals surface area (Å²) in [5.41, 5.74) is 1.38. The van der Waals surface area contributed by atoms with Crippen molar-refractivity contribution in [3.05, 3.63) is 35.9 Å². The number of ether oxygens (including phenoxy) is 1. The van der Waals surface area contributed by atoms with Gasteiger partial charge in [-0.2, -0.15) is 0 Å². The number of likely N-dealkylation sites (N-methyl/N-ethyl adjacent to an activating group) is 1. The predicted octanol–water partition coefficient (Wildman–Crippen LogP) is 2.45. The van der Waals surface area contributed by atoms with E-state index in [1.165, 1.54) is 4.90 Å². The minimum atomic E-state index is -0.117. The van der Waals surface area contributed by atoms with E-state index in [9.17, 15) is 9.59 Å². The summed E-state index contributed by atoms with van der Waals surface area (Å²) in [6, 6.07) is 6.92. The Kier molecular flexibility index (Phi) is 6.46. The lowest BCUT2D eigenvalue weighted by Crippen LogP contribution is -2.27. The van der Waals surface area contributed by atoms with Crippen LogP contribution in [0.4, 0.5) is 5.69 Å². The molecule has 0 aliphatic rings. The van der Waals surface area contributed by atoms with Crippen molar-refractivity contribution in [2.75, 3.05) is 26.0 Å². The Bertz CT molecular complexity index is 519. The van der Waals surface area contributed by atoms with Crippen LogP contribution in [0, 0.1) is 0 Å². The molecule has 5 nitrogen and oxygen atoms in total. The van der Waals surface area contributed by atoms with Gasteiger partial charge in [-0.1, -0.05) is 13.0 Å². The molecule has 0 saturated carbocycles. The van der Waals surface area contributed by atoms with Gasteiger partial charge in [-0.3, -0.25) is 9.59 Å². The SMILES string of the molecule is CCC=C(C)C(=O)Nc1ccc(OCC(=O)N(C)C)cc1. The van der Waals surface area contributed by atoms with Crippen molar-refractivity contribution < 1.29 is 14.3 Å². The van der Waals surface area contributed by atoms with Gasteiger partial charge in [0.05, 0.1) is 0 Å². The molecule has 0 radical (unpaired) electrons. The van der Waals surface area contributed by atoms with Crippen LogP contribution in [-0.2, 0) is 9.59 Å². The van der Waals surface area contributed by atoms with E-state index in [-0.39, 0.29) is 18.4 Å². The second kappa shape index (κ2) is 8.09. The molecule has 0 bridgehead atoms. The number of allylic oxidation sites excluding steroid dienone is 1. The summed E-state index contributed by atoms with van der Waals surface area (Å²) in [4.78, 5) is 24.7. The number of carbonyl (C=O) groups excluding carboxylic acids is 2. The molecule has 0 atom stereocenters. The van der Waals surface area contributed by atoms with Crippen molar-refractivity contribution >= 4 is 17.5 Å². The molecule has 21 heavy (non-hydrogen) atoms. The molecule has 0 aliphatic carbocycles. The lowest BCUT2D eigenvalue weighted by Gasteiger charge is -2.11. The minimum absolute atomic E-state index is 0.00292. The Morgan fingerprint density at radius 1 is 1.24 bits per heavy atom. The highest BCUT2D eigenvalue weighted by molar-refractivity contribution is 6.03. The summed E-state index contributed by atoms with van der Waals surface area (Å²) in [6.07, 6.45) is 2.70. The van der Waals surface area contributed by atoms with Crippen molar-refractivity contribution in [1.29, 1.82) is 0 Å². The first-order valence-electron chi connectivity index (χ1n) is 6.85. The van der Waals surface area contributed by atoms with E-state index >= 15 is 0 Å². The number of nitrogens with one attached hydrogen (secondary N) is 1. The fourth-order valence-electron chi connectivity index (χ4n) is 1.54. The zero-order chi connectivity index (χ0) is 15.8. The molecular formula is C16H22N2O3. The molecule has 1 rings (SSSR count). The number of nitrogens with zero attached hydrogens (tertiary/aromatic N) is 1. The Balaban J connectivity index is 2.56. The highest BCUT2D eigenvalue weighted by Gasteiger charge is 2.06. The van der Waals surface area contributed by atoms with Gasteiger partial charge in [-0.05, 0) is 37.6 Å².